The van der Waals surface area contributed by atoms with Crippen LogP contribution in [0.2, 0.25) is 0 Å². The van der Waals surface area contributed by atoms with Crippen molar-refractivity contribution in [1.29, 1.82) is 0 Å². The second-order valence-electron chi connectivity index (χ2n) is 4.62. The maximum atomic E-state index is 6.02. The second kappa shape index (κ2) is 7.00. The number of nitrogens with one attached hydrogen (secondary N) is 1. The van der Waals surface area contributed by atoms with Gasteiger partial charge in [-0.05, 0) is 37.1 Å². The first-order valence-corrected chi connectivity index (χ1v) is 6.75. The van der Waals surface area contributed by atoms with E-state index in [0.29, 0.717) is 0 Å². The van der Waals surface area contributed by atoms with E-state index in [1.54, 1.807) is 6.26 Å². The van der Waals surface area contributed by atoms with Gasteiger partial charge in [0.2, 0.25) is 0 Å². The Kier molecular flexibility index (Phi) is 5.04. The van der Waals surface area contributed by atoms with Gasteiger partial charge in [0.1, 0.15) is 17.6 Å². The molecule has 0 spiro atoms. The van der Waals surface area contributed by atoms with Gasteiger partial charge in [-0.2, -0.15) is 0 Å². The standard InChI is InChI=1S/C16H21NO2/c1-3-14(11-17-12-15-8-6-10-18-15)19-16-9-5-4-7-13(16)2/h4-10,14,17H,3,11-12H2,1-2H3. The highest BCUT2D eigenvalue weighted by molar-refractivity contribution is 5.31. The van der Waals surface area contributed by atoms with Crippen molar-refractivity contribution >= 4 is 0 Å². The molecule has 3 nitrogen and oxygen atoms in total. The summed E-state index contributed by atoms with van der Waals surface area (Å²) in [6, 6.07) is 12.0. The molecule has 0 saturated heterocycles. The lowest BCUT2D eigenvalue weighted by Crippen LogP contribution is -2.30. The van der Waals surface area contributed by atoms with Gasteiger partial charge >= 0.3 is 0 Å². The molecule has 0 saturated carbocycles. The van der Waals surface area contributed by atoms with Crippen molar-refractivity contribution < 1.29 is 9.15 Å². The molecule has 0 aliphatic carbocycles. The van der Waals surface area contributed by atoms with E-state index in [1.807, 2.05) is 30.3 Å². The maximum Gasteiger partial charge on any atom is 0.122 e. The molecule has 0 aliphatic rings. The van der Waals surface area contributed by atoms with Crippen LogP contribution >= 0.6 is 0 Å². The Balaban J connectivity index is 1.82. The molecule has 2 aromatic rings. The van der Waals surface area contributed by atoms with Crippen LogP contribution in [-0.4, -0.2) is 12.6 Å². The molecular formula is C16H21NO2. The molecule has 0 radical (unpaired) electrons. The van der Waals surface area contributed by atoms with E-state index in [1.165, 1.54) is 5.56 Å². The summed E-state index contributed by atoms with van der Waals surface area (Å²) in [5, 5.41) is 3.36. The highest BCUT2D eigenvalue weighted by Gasteiger charge is 2.09. The first-order chi connectivity index (χ1) is 9.29. The van der Waals surface area contributed by atoms with Crippen LogP contribution in [0, 0.1) is 6.92 Å². The minimum atomic E-state index is 0.177. The third-order valence-corrected chi connectivity index (χ3v) is 3.09. The van der Waals surface area contributed by atoms with Crippen LogP contribution in [0.4, 0.5) is 0 Å². The van der Waals surface area contributed by atoms with Crippen molar-refractivity contribution in [2.24, 2.45) is 0 Å². The lowest BCUT2D eigenvalue weighted by Gasteiger charge is -2.19. The third kappa shape index (κ3) is 4.14. The molecular weight excluding hydrogens is 238 g/mol. The van der Waals surface area contributed by atoms with E-state index in [4.69, 9.17) is 9.15 Å². The van der Waals surface area contributed by atoms with E-state index >= 15 is 0 Å². The fourth-order valence-electron chi connectivity index (χ4n) is 1.91. The largest absolute Gasteiger partial charge is 0.489 e. The Bertz CT molecular complexity index is 479. The molecule has 0 aliphatic heterocycles. The Hall–Kier alpha value is -1.74. The molecule has 0 fully saturated rings. The van der Waals surface area contributed by atoms with E-state index in [9.17, 15) is 0 Å². The summed E-state index contributed by atoms with van der Waals surface area (Å²) < 4.78 is 11.3. The Labute approximate surface area is 114 Å². The summed E-state index contributed by atoms with van der Waals surface area (Å²) in [5.41, 5.74) is 1.17. The number of hydrogen-bond acceptors (Lipinski definition) is 3. The van der Waals surface area contributed by atoms with E-state index < -0.39 is 0 Å². The number of para-hydroxylation sites is 1. The first kappa shape index (κ1) is 13.7. The van der Waals surface area contributed by atoms with Gasteiger partial charge in [-0.25, -0.2) is 0 Å². The number of furan rings is 1. The monoisotopic (exact) mass is 259 g/mol. The molecule has 2 rings (SSSR count). The summed E-state index contributed by atoms with van der Waals surface area (Å²) in [5.74, 6) is 1.92. The Morgan fingerprint density at radius 3 is 2.74 bits per heavy atom. The number of ether oxygens (including phenoxy) is 1. The zero-order valence-corrected chi connectivity index (χ0v) is 11.6. The smallest absolute Gasteiger partial charge is 0.122 e. The Morgan fingerprint density at radius 2 is 2.05 bits per heavy atom. The summed E-state index contributed by atoms with van der Waals surface area (Å²) in [4.78, 5) is 0. The first-order valence-electron chi connectivity index (χ1n) is 6.75. The van der Waals surface area contributed by atoms with Crippen LogP contribution in [0.25, 0.3) is 0 Å². The van der Waals surface area contributed by atoms with E-state index in [2.05, 4.69) is 25.2 Å². The van der Waals surface area contributed by atoms with Crippen LogP contribution < -0.4 is 10.1 Å². The van der Waals surface area contributed by atoms with E-state index in [-0.39, 0.29) is 6.10 Å². The second-order valence-corrected chi connectivity index (χ2v) is 4.62. The lowest BCUT2D eigenvalue weighted by atomic mass is 10.2. The normalized spacial score (nSPS) is 12.3. The third-order valence-electron chi connectivity index (χ3n) is 3.09. The molecule has 1 heterocycles. The minimum Gasteiger partial charge on any atom is -0.489 e. The minimum absolute atomic E-state index is 0.177. The van der Waals surface area contributed by atoms with Crippen LogP contribution in [0.5, 0.6) is 5.75 Å². The zero-order chi connectivity index (χ0) is 13.5. The van der Waals surface area contributed by atoms with Gasteiger partial charge in [0, 0.05) is 6.54 Å². The highest BCUT2D eigenvalue weighted by Crippen LogP contribution is 2.18. The zero-order valence-electron chi connectivity index (χ0n) is 11.6. The molecule has 1 atom stereocenters. The average Bonchev–Trinajstić information content (AvgIpc) is 2.93. The molecule has 3 heteroatoms. The van der Waals surface area contributed by atoms with Gasteiger partial charge in [-0.1, -0.05) is 25.1 Å². The topological polar surface area (TPSA) is 34.4 Å². The van der Waals surface area contributed by atoms with Crippen molar-refractivity contribution in [1.82, 2.24) is 5.32 Å². The molecule has 0 amide bonds. The summed E-state index contributed by atoms with van der Waals surface area (Å²) in [7, 11) is 0. The van der Waals surface area contributed by atoms with E-state index in [0.717, 1.165) is 31.0 Å². The molecule has 19 heavy (non-hydrogen) atoms. The van der Waals surface area contributed by atoms with Gasteiger partial charge < -0.3 is 14.5 Å². The number of aryl methyl sites for hydroxylation is 1. The van der Waals surface area contributed by atoms with Gasteiger partial charge in [0.05, 0.1) is 12.8 Å². The molecule has 1 aromatic heterocycles. The quantitative estimate of drug-likeness (QED) is 0.826. The fourth-order valence-corrected chi connectivity index (χ4v) is 1.91. The predicted octanol–water partition coefficient (Wildman–Crippen LogP) is 3.54. The van der Waals surface area contributed by atoms with Gasteiger partial charge in [-0.15, -0.1) is 0 Å². The van der Waals surface area contributed by atoms with Crippen LogP contribution in [0.3, 0.4) is 0 Å². The van der Waals surface area contributed by atoms with Gasteiger partial charge in [-0.3, -0.25) is 0 Å². The van der Waals surface area contributed by atoms with Crippen molar-refractivity contribution in [2.45, 2.75) is 32.9 Å². The van der Waals surface area contributed by atoms with Crippen molar-refractivity contribution in [3.05, 3.63) is 54.0 Å². The lowest BCUT2D eigenvalue weighted by molar-refractivity contribution is 0.190. The van der Waals surface area contributed by atoms with Crippen LogP contribution in [0.15, 0.2) is 47.1 Å². The number of hydrogen-bond donors (Lipinski definition) is 1. The molecule has 1 unspecified atom stereocenters. The summed E-state index contributed by atoms with van der Waals surface area (Å²) in [6.07, 6.45) is 2.84. The average molecular weight is 259 g/mol. The van der Waals surface area contributed by atoms with Crippen molar-refractivity contribution in [3.63, 3.8) is 0 Å². The Morgan fingerprint density at radius 1 is 1.21 bits per heavy atom. The van der Waals surface area contributed by atoms with Crippen LogP contribution in [-0.2, 0) is 6.54 Å². The van der Waals surface area contributed by atoms with Gasteiger partial charge in [0.15, 0.2) is 0 Å². The molecule has 1 aromatic carbocycles. The number of benzene rings is 1. The van der Waals surface area contributed by atoms with Gasteiger partial charge in [0.25, 0.3) is 0 Å². The SMILES string of the molecule is CCC(CNCc1ccco1)Oc1ccccc1C. The maximum absolute atomic E-state index is 6.02. The summed E-state index contributed by atoms with van der Waals surface area (Å²) in [6.45, 7) is 5.75. The van der Waals surface area contributed by atoms with Crippen molar-refractivity contribution in [2.75, 3.05) is 6.54 Å². The predicted molar refractivity (Wildman–Crippen MR) is 76.3 cm³/mol. The number of rotatable bonds is 7. The molecule has 102 valence electrons. The van der Waals surface area contributed by atoms with Crippen LogP contribution in [0.1, 0.15) is 24.7 Å². The molecule has 0 bridgehead atoms. The highest BCUT2D eigenvalue weighted by atomic mass is 16.5. The summed E-state index contributed by atoms with van der Waals surface area (Å²) >= 11 is 0. The van der Waals surface area contributed by atoms with Crippen molar-refractivity contribution in [3.8, 4) is 5.75 Å². The fraction of sp³-hybridized carbons (Fsp3) is 0.375. The molecule has 1 N–H and O–H groups in total.